The number of benzene rings is 2. The van der Waals surface area contributed by atoms with Crippen molar-refractivity contribution in [2.75, 3.05) is 13.2 Å². The van der Waals surface area contributed by atoms with E-state index in [1.54, 1.807) is 4.90 Å². The van der Waals surface area contributed by atoms with E-state index in [1.807, 2.05) is 24.3 Å². The monoisotopic (exact) mass is 478 g/mol. The molecule has 2 aromatic carbocycles. The van der Waals surface area contributed by atoms with Gasteiger partial charge in [-0.2, -0.15) is 0 Å². The molecule has 2 aliphatic carbocycles. The first-order valence-corrected chi connectivity index (χ1v) is 12.6. The largest absolute Gasteiger partial charge is 0.481 e. The molecule has 0 spiro atoms. The number of unbranched alkanes of at least 4 members (excludes halogenated alkanes) is 1. The van der Waals surface area contributed by atoms with Crippen LogP contribution in [0.1, 0.15) is 68.9 Å². The van der Waals surface area contributed by atoms with Gasteiger partial charge in [0, 0.05) is 31.0 Å². The Hall–Kier alpha value is -3.35. The standard InChI is InChI=1S/C28H34N2O5/c1-2-3-8-19(17-26(31)30(20-13-14-20)16-15-27(32)33)29-28(34)35-18-25-23-11-6-4-9-21(23)22-10-5-7-12-24(22)25/h4-7,9-12,19-20,25H,2-3,8,13-18H2,1H3,(H,29,34)(H,32,33). The molecule has 0 radical (unpaired) electrons. The SMILES string of the molecule is CCCCC(CC(=O)N(CCC(=O)O)C1CC1)NC(=O)OCC1c2ccccc2-c2ccccc21. The Balaban J connectivity index is 1.36. The van der Waals surface area contributed by atoms with Gasteiger partial charge in [-0.25, -0.2) is 4.79 Å². The Morgan fingerprint density at radius 3 is 2.26 bits per heavy atom. The fraction of sp³-hybridized carbons (Fsp3) is 0.464. The zero-order valence-electron chi connectivity index (χ0n) is 20.2. The molecule has 0 saturated heterocycles. The number of nitrogens with zero attached hydrogens (tertiary/aromatic N) is 1. The molecule has 0 aromatic heterocycles. The molecule has 2 aliphatic rings. The molecule has 1 unspecified atom stereocenters. The quantitative estimate of drug-likeness (QED) is 0.451. The first-order chi connectivity index (χ1) is 17.0. The molecular weight excluding hydrogens is 444 g/mol. The van der Waals surface area contributed by atoms with Crippen molar-refractivity contribution in [3.63, 3.8) is 0 Å². The summed E-state index contributed by atoms with van der Waals surface area (Å²) in [7, 11) is 0. The fourth-order valence-corrected chi connectivity index (χ4v) is 4.92. The Morgan fingerprint density at radius 1 is 1.06 bits per heavy atom. The Labute approximate surface area is 206 Å². The molecule has 1 atom stereocenters. The lowest BCUT2D eigenvalue weighted by Gasteiger charge is -2.25. The van der Waals surface area contributed by atoms with E-state index in [0.717, 1.165) is 36.8 Å². The summed E-state index contributed by atoms with van der Waals surface area (Å²) in [5.41, 5.74) is 4.64. The maximum Gasteiger partial charge on any atom is 0.407 e. The number of rotatable bonds is 12. The van der Waals surface area contributed by atoms with Crippen LogP contribution >= 0.6 is 0 Å². The summed E-state index contributed by atoms with van der Waals surface area (Å²) in [6, 6.07) is 16.2. The molecule has 0 heterocycles. The Kier molecular flexibility index (Phi) is 8.06. The van der Waals surface area contributed by atoms with E-state index in [1.165, 1.54) is 11.1 Å². The first kappa shape index (κ1) is 24.8. The second kappa shape index (κ2) is 11.4. The minimum absolute atomic E-state index is 0.0229. The van der Waals surface area contributed by atoms with Crippen LogP contribution in [-0.4, -0.2) is 53.2 Å². The number of hydrogen-bond donors (Lipinski definition) is 2. The number of hydrogen-bond acceptors (Lipinski definition) is 4. The van der Waals surface area contributed by atoms with Crippen molar-refractivity contribution in [1.82, 2.24) is 10.2 Å². The van der Waals surface area contributed by atoms with E-state index in [2.05, 4.69) is 36.5 Å². The van der Waals surface area contributed by atoms with Crippen molar-refractivity contribution in [1.29, 1.82) is 0 Å². The summed E-state index contributed by atoms with van der Waals surface area (Å²) in [4.78, 5) is 38.4. The maximum absolute atomic E-state index is 13.0. The summed E-state index contributed by atoms with van der Waals surface area (Å²) in [6.07, 6.45) is 3.87. The minimum Gasteiger partial charge on any atom is -0.481 e. The van der Waals surface area contributed by atoms with Crippen molar-refractivity contribution in [3.8, 4) is 11.1 Å². The van der Waals surface area contributed by atoms with Gasteiger partial charge >= 0.3 is 12.1 Å². The van der Waals surface area contributed by atoms with E-state index in [4.69, 9.17) is 9.84 Å². The van der Waals surface area contributed by atoms with Gasteiger partial charge in [-0.15, -0.1) is 0 Å². The van der Waals surface area contributed by atoms with Gasteiger partial charge in [-0.3, -0.25) is 9.59 Å². The number of aliphatic carboxylic acids is 1. The fourth-order valence-electron chi connectivity index (χ4n) is 4.92. The lowest BCUT2D eigenvalue weighted by molar-refractivity contribution is -0.138. The molecule has 35 heavy (non-hydrogen) atoms. The highest BCUT2D eigenvalue weighted by Gasteiger charge is 2.34. The van der Waals surface area contributed by atoms with E-state index < -0.39 is 12.1 Å². The second-order valence-electron chi connectivity index (χ2n) is 9.48. The van der Waals surface area contributed by atoms with Crippen LogP contribution in [0.3, 0.4) is 0 Å². The van der Waals surface area contributed by atoms with Crippen LogP contribution in [0.5, 0.6) is 0 Å². The van der Waals surface area contributed by atoms with Crippen molar-refractivity contribution in [3.05, 3.63) is 59.7 Å². The lowest BCUT2D eigenvalue weighted by Crippen LogP contribution is -2.42. The highest BCUT2D eigenvalue weighted by Crippen LogP contribution is 2.44. The molecule has 7 nitrogen and oxygen atoms in total. The smallest absolute Gasteiger partial charge is 0.407 e. The van der Waals surface area contributed by atoms with Crippen molar-refractivity contribution < 1.29 is 24.2 Å². The van der Waals surface area contributed by atoms with Crippen LogP contribution in [0, 0.1) is 0 Å². The van der Waals surface area contributed by atoms with Crippen LogP contribution in [0.2, 0.25) is 0 Å². The maximum atomic E-state index is 13.0. The van der Waals surface area contributed by atoms with Crippen LogP contribution in [0.15, 0.2) is 48.5 Å². The molecule has 0 bridgehead atoms. The average Bonchev–Trinajstić information content (AvgIpc) is 3.63. The van der Waals surface area contributed by atoms with Crippen LogP contribution in [0.4, 0.5) is 4.79 Å². The summed E-state index contributed by atoms with van der Waals surface area (Å²) in [6.45, 7) is 2.50. The number of ether oxygens (including phenoxy) is 1. The van der Waals surface area contributed by atoms with Gasteiger partial charge in [0.1, 0.15) is 6.61 Å². The van der Waals surface area contributed by atoms with Gasteiger partial charge in [0.2, 0.25) is 5.91 Å². The van der Waals surface area contributed by atoms with Gasteiger partial charge in [0.05, 0.1) is 6.42 Å². The Morgan fingerprint density at radius 2 is 1.69 bits per heavy atom. The topological polar surface area (TPSA) is 95.9 Å². The first-order valence-electron chi connectivity index (χ1n) is 12.6. The lowest BCUT2D eigenvalue weighted by atomic mass is 9.98. The average molecular weight is 479 g/mol. The van der Waals surface area contributed by atoms with Crippen molar-refractivity contribution in [2.24, 2.45) is 0 Å². The van der Waals surface area contributed by atoms with E-state index in [9.17, 15) is 14.4 Å². The third kappa shape index (κ3) is 6.21. The second-order valence-corrected chi connectivity index (χ2v) is 9.48. The number of amides is 2. The van der Waals surface area contributed by atoms with Gasteiger partial charge in [0.15, 0.2) is 0 Å². The number of carbonyl (C=O) groups is 3. The van der Waals surface area contributed by atoms with Gasteiger partial charge in [0.25, 0.3) is 0 Å². The van der Waals surface area contributed by atoms with Crippen LogP contribution < -0.4 is 5.32 Å². The predicted octanol–water partition coefficient (Wildman–Crippen LogP) is 4.94. The van der Waals surface area contributed by atoms with Crippen molar-refractivity contribution in [2.45, 2.75) is 69.9 Å². The van der Waals surface area contributed by atoms with Crippen LogP contribution in [0.25, 0.3) is 11.1 Å². The minimum atomic E-state index is -0.914. The number of alkyl carbamates (subject to hydrolysis) is 1. The normalized spacial score (nSPS) is 15.1. The molecule has 2 aromatic rings. The highest BCUT2D eigenvalue weighted by molar-refractivity contribution is 5.80. The number of carboxylic acid groups (broad SMARTS) is 1. The molecule has 1 fully saturated rings. The number of carboxylic acids is 1. The third-order valence-electron chi connectivity index (χ3n) is 6.87. The zero-order valence-corrected chi connectivity index (χ0v) is 20.2. The van der Waals surface area contributed by atoms with Crippen molar-refractivity contribution >= 4 is 18.0 Å². The molecule has 4 rings (SSSR count). The highest BCUT2D eigenvalue weighted by atomic mass is 16.5. The van der Waals surface area contributed by atoms with E-state index in [0.29, 0.717) is 6.42 Å². The zero-order chi connectivity index (χ0) is 24.8. The van der Waals surface area contributed by atoms with Crippen LogP contribution in [-0.2, 0) is 14.3 Å². The van der Waals surface area contributed by atoms with E-state index in [-0.39, 0.29) is 49.9 Å². The molecule has 2 N–H and O–H groups in total. The predicted molar refractivity (Wildman–Crippen MR) is 133 cm³/mol. The number of carbonyl (C=O) groups excluding carboxylic acids is 2. The summed E-state index contributed by atoms with van der Waals surface area (Å²) in [5.74, 6) is -1.04. The molecule has 7 heteroatoms. The number of nitrogens with one attached hydrogen (secondary N) is 1. The Bertz CT molecular complexity index is 1020. The molecular formula is C28H34N2O5. The van der Waals surface area contributed by atoms with Gasteiger partial charge < -0.3 is 20.1 Å². The molecule has 2 amide bonds. The van der Waals surface area contributed by atoms with Gasteiger partial charge in [-0.1, -0.05) is 68.3 Å². The summed E-state index contributed by atoms with van der Waals surface area (Å²) in [5, 5.41) is 11.9. The summed E-state index contributed by atoms with van der Waals surface area (Å²) >= 11 is 0. The molecule has 0 aliphatic heterocycles. The third-order valence-corrected chi connectivity index (χ3v) is 6.87. The number of fused-ring (bicyclic) bond motifs is 3. The molecule has 1 saturated carbocycles. The van der Waals surface area contributed by atoms with Gasteiger partial charge in [-0.05, 0) is 41.5 Å². The van der Waals surface area contributed by atoms with E-state index >= 15 is 0 Å². The molecule has 186 valence electrons. The summed E-state index contributed by atoms with van der Waals surface area (Å²) < 4.78 is 5.68.